The molecule has 36 heavy (non-hydrogen) atoms. The monoisotopic (exact) mass is 484 g/mol. The number of nitro groups is 1. The van der Waals surface area contributed by atoms with E-state index in [1.54, 1.807) is 6.33 Å². The number of benzene rings is 2. The molecule has 0 atom stereocenters. The molecule has 0 aliphatic carbocycles. The van der Waals surface area contributed by atoms with E-state index in [1.807, 2.05) is 23.1 Å². The van der Waals surface area contributed by atoms with Crippen molar-refractivity contribution in [1.29, 1.82) is 0 Å². The van der Waals surface area contributed by atoms with Crippen molar-refractivity contribution in [3.63, 3.8) is 0 Å². The molecule has 3 heterocycles. The number of anilines is 2. The number of imidazole rings is 1. The van der Waals surface area contributed by atoms with Crippen molar-refractivity contribution in [2.45, 2.75) is 32.9 Å². The second kappa shape index (κ2) is 10.1. The largest absolute Gasteiger partial charge is 0.350 e. The molecule has 5 rings (SSSR count). The zero-order valence-electron chi connectivity index (χ0n) is 20.1. The Hall–Kier alpha value is -4.31. The standard InChI is InChI=1S/C26H28N8O2/c1-17-20(3-2-4-21(17)19-7-5-18(13-27)6-8-19)14-28-26-29-15-24(34(35)36)25(32-26)33-11-9-22-23(10-12-33)31-16-30-22/h2-8,15-16H,9-14,27H2,1H3,(H,30,31)(H,28,29,32). The number of aromatic nitrogens is 4. The van der Waals surface area contributed by atoms with Crippen LogP contribution in [-0.2, 0) is 25.9 Å². The SMILES string of the molecule is Cc1c(CNc2ncc([N+](=O)[O-])c(N3CCc4nc[nH]c4CC3)n2)cccc1-c1ccc(CN)cc1. The first-order chi connectivity index (χ1) is 17.5. The Kier molecular flexibility index (Phi) is 6.59. The van der Waals surface area contributed by atoms with Gasteiger partial charge in [0.25, 0.3) is 0 Å². The van der Waals surface area contributed by atoms with Gasteiger partial charge in [0.05, 0.1) is 16.9 Å². The van der Waals surface area contributed by atoms with Crippen LogP contribution in [0.4, 0.5) is 17.5 Å². The van der Waals surface area contributed by atoms with Crippen molar-refractivity contribution >= 4 is 17.5 Å². The van der Waals surface area contributed by atoms with Crippen LogP contribution in [-0.4, -0.2) is 37.9 Å². The van der Waals surface area contributed by atoms with E-state index in [4.69, 9.17) is 5.73 Å². The van der Waals surface area contributed by atoms with Crippen molar-refractivity contribution in [3.8, 4) is 11.1 Å². The van der Waals surface area contributed by atoms with Crippen LogP contribution in [0, 0.1) is 17.0 Å². The Morgan fingerprint density at radius 1 is 1.14 bits per heavy atom. The fourth-order valence-corrected chi connectivity index (χ4v) is 4.59. The van der Waals surface area contributed by atoms with Crippen LogP contribution >= 0.6 is 0 Å². The Labute approximate surface area is 208 Å². The predicted octanol–water partition coefficient (Wildman–Crippen LogP) is 3.76. The normalized spacial score (nSPS) is 13.2. The van der Waals surface area contributed by atoms with Gasteiger partial charge in [0, 0.05) is 44.7 Å². The highest BCUT2D eigenvalue weighted by Crippen LogP contribution is 2.29. The molecule has 1 aliphatic heterocycles. The molecule has 0 saturated carbocycles. The van der Waals surface area contributed by atoms with Gasteiger partial charge in [-0.25, -0.2) is 9.97 Å². The molecule has 0 unspecified atom stereocenters. The quantitative estimate of drug-likeness (QED) is 0.266. The van der Waals surface area contributed by atoms with Crippen molar-refractivity contribution in [3.05, 3.63) is 93.2 Å². The molecular weight excluding hydrogens is 456 g/mol. The average molecular weight is 485 g/mol. The zero-order chi connectivity index (χ0) is 25.1. The van der Waals surface area contributed by atoms with Crippen molar-refractivity contribution < 1.29 is 4.92 Å². The lowest BCUT2D eigenvalue weighted by molar-refractivity contribution is -0.384. The summed E-state index contributed by atoms with van der Waals surface area (Å²) < 4.78 is 0. The molecule has 2 aromatic heterocycles. The average Bonchev–Trinajstić information content (AvgIpc) is 3.26. The molecule has 2 aromatic carbocycles. The summed E-state index contributed by atoms with van der Waals surface area (Å²) in [6, 6.07) is 14.4. The van der Waals surface area contributed by atoms with Gasteiger partial charge in [-0.2, -0.15) is 4.98 Å². The molecule has 1 aliphatic rings. The van der Waals surface area contributed by atoms with E-state index in [1.165, 1.54) is 6.20 Å². The second-order valence-corrected chi connectivity index (χ2v) is 8.82. The summed E-state index contributed by atoms with van der Waals surface area (Å²) in [6.45, 7) is 4.30. The van der Waals surface area contributed by atoms with Gasteiger partial charge in [-0.3, -0.25) is 10.1 Å². The third kappa shape index (κ3) is 4.76. The predicted molar refractivity (Wildman–Crippen MR) is 139 cm³/mol. The molecule has 184 valence electrons. The lowest BCUT2D eigenvalue weighted by Crippen LogP contribution is -2.28. The highest BCUT2D eigenvalue weighted by atomic mass is 16.6. The summed E-state index contributed by atoms with van der Waals surface area (Å²) >= 11 is 0. The highest BCUT2D eigenvalue weighted by Gasteiger charge is 2.25. The number of rotatable bonds is 7. The fourth-order valence-electron chi connectivity index (χ4n) is 4.59. The second-order valence-electron chi connectivity index (χ2n) is 8.82. The van der Waals surface area contributed by atoms with E-state index in [2.05, 4.69) is 56.4 Å². The van der Waals surface area contributed by atoms with Crippen molar-refractivity contribution in [1.82, 2.24) is 19.9 Å². The topological polar surface area (TPSA) is 139 Å². The lowest BCUT2D eigenvalue weighted by atomic mass is 9.96. The smallest absolute Gasteiger partial charge is 0.329 e. The number of nitrogens with zero attached hydrogens (tertiary/aromatic N) is 5. The van der Waals surface area contributed by atoms with Gasteiger partial charge in [-0.1, -0.05) is 42.5 Å². The highest BCUT2D eigenvalue weighted by molar-refractivity contribution is 5.69. The third-order valence-electron chi connectivity index (χ3n) is 6.69. The Balaban J connectivity index is 1.36. The van der Waals surface area contributed by atoms with Crippen LogP contribution in [0.15, 0.2) is 55.0 Å². The van der Waals surface area contributed by atoms with Gasteiger partial charge in [0.15, 0.2) is 0 Å². The number of aromatic amines is 1. The minimum absolute atomic E-state index is 0.0989. The van der Waals surface area contributed by atoms with Gasteiger partial charge in [-0.05, 0) is 34.7 Å². The van der Waals surface area contributed by atoms with Gasteiger partial charge in [0.2, 0.25) is 11.8 Å². The minimum Gasteiger partial charge on any atom is -0.350 e. The summed E-state index contributed by atoms with van der Waals surface area (Å²) in [5, 5.41) is 15.0. The van der Waals surface area contributed by atoms with E-state index < -0.39 is 4.92 Å². The van der Waals surface area contributed by atoms with Gasteiger partial charge >= 0.3 is 5.69 Å². The molecule has 4 aromatic rings. The van der Waals surface area contributed by atoms with Crippen LogP contribution in [0.25, 0.3) is 11.1 Å². The van der Waals surface area contributed by atoms with Crippen LogP contribution in [0.5, 0.6) is 0 Å². The third-order valence-corrected chi connectivity index (χ3v) is 6.69. The number of hydrogen-bond acceptors (Lipinski definition) is 8. The number of hydrogen-bond donors (Lipinski definition) is 3. The molecular formula is C26H28N8O2. The van der Waals surface area contributed by atoms with E-state index in [0.717, 1.165) is 45.6 Å². The van der Waals surface area contributed by atoms with Crippen LogP contribution in [0.2, 0.25) is 0 Å². The Bertz CT molecular complexity index is 1360. The summed E-state index contributed by atoms with van der Waals surface area (Å²) in [4.78, 5) is 29.6. The fraction of sp³-hybridized carbons (Fsp3) is 0.269. The molecule has 0 radical (unpaired) electrons. The maximum Gasteiger partial charge on any atom is 0.329 e. The Morgan fingerprint density at radius 3 is 2.72 bits per heavy atom. The van der Waals surface area contributed by atoms with E-state index >= 15 is 0 Å². The van der Waals surface area contributed by atoms with E-state index in [0.29, 0.717) is 44.4 Å². The van der Waals surface area contributed by atoms with E-state index in [9.17, 15) is 10.1 Å². The van der Waals surface area contributed by atoms with Gasteiger partial charge in [-0.15, -0.1) is 0 Å². The summed E-state index contributed by atoms with van der Waals surface area (Å²) in [5.74, 6) is 0.682. The first-order valence-corrected chi connectivity index (χ1v) is 11.9. The van der Waals surface area contributed by atoms with E-state index in [-0.39, 0.29) is 5.69 Å². The number of fused-ring (bicyclic) bond motifs is 1. The maximum absolute atomic E-state index is 11.7. The number of nitrogens with two attached hydrogens (primary N) is 1. The van der Waals surface area contributed by atoms with Crippen molar-refractivity contribution in [2.24, 2.45) is 5.73 Å². The molecule has 10 nitrogen and oxygen atoms in total. The van der Waals surface area contributed by atoms with Crippen LogP contribution in [0.3, 0.4) is 0 Å². The lowest BCUT2D eigenvalue weighted by Gasteiger charge is -2.21. The summed E-state index contributed by atoms with van der Waals surface area (Å²) in [6.07, 6.45) is 4.40. The molecule has 0 fully saturated rings. The number of nitrogens with one attached hydrogen (secondary N) is 2. The Morgan fingerprint density at radius 2 is 1.94 bits per heavy atom. The van der Waals surface area contributed by atoms with Crippen molar-refractivity contribution in [2.75, 3.05) is 23.3 Å². The van der Waals surface area contributed by atoms with Gasteiger partial charge < -0.3 is 20.9 Å². The molecule has 0 amide bonds. The maximum atomic E-state index is 11.7. The van der Waals surface area contributed by atoms with Crippen LogP contribution in [0.1, 0.15) is 28.1 Å². The number of H-pyrrole nitrogens is 1. The first-order valence-electron chi connectivity index (χ1n) is 11.9. The van der Waals surface area contributed by atoms with Crippen LogP contribution < -0.4 is 16.0 Å². The molecule has 4 N–H and O–H groups in total. The molecule has 10 heteroatoms. The summed E-state index contributed by atoms with van der Waals surface area (Å²) in [5.41, 5.74) is 13.3. The molecule has 0 saturated heterocycles. The minimum atomic E-state index is -0.426. The van der Waals surface area contributed by atoms with Gasteiger partial charge in [0.1, 0.15) is 6.20 Å². The molecule has 0 bridgehead atoms. The zero-order valence-corrected chi connectivity index (χ0v) is 20.1. The summed E-state index contributed by atoms with van der Waals surface area (Å²) in [7, 11) is 0. The first kappa shape index (κ1) is 23.4. The molecule has 0 spiro atoms.